The third kappa shape index (κ3) is 4.14. The molecular formula is C18H17ClFN3OS. The van der Waals surface area contributed by atoms with Gasteiger partial charge in [0.2, 0.25) is 0 Å². The van der Waals surface area contributed by atoms with Crippen molar-refractivity contribution >= 4 is 34.8 Å². The van der Waals surface area contributed by atoms with Crippen molar-refractivity contribution in [2.24, 2.45) is 0 Å². The van der Waals surface area contributed by atoms with Crippen LogP contribution in [-0.2, 0) is 0 Å². The number of hydrogen-bond acceptors (Lipinski definition) is 3. The van der Waals surface area contributed by atoms with Crippen LogP contribution < -0.4 is 5.32 Å². The Morgan fingerprint density at radius 2 is 2.20 bits per heavy atom. The van der Waals surface area contributed by atoms with E-state index in [1.807, 2.05) is 23.2 Å². The molecule has 1 aliphatic rings. The molecule has 0 bridgehead atoms. The molecule has 0 aliphatic carbocycles. The van der Waals surface area contributed by atoms with Crippen LogP contribution in [0.3, 0.4) is 0 Å². The third-order valence-corrected chi connectivity index (χ3v) is 4.88. The molecule has 4 nitrogen and oxygen atoms in total. The number of thiocarbonyl (C=S) groups is 1. The second-order valence-corrected chi connectivity index (χ2v) is 6.67. The van der Waals surface area contributed by atoms with E-state index < -0.39 is 11.7 Å². The molecule has 1 aromatic carbocycles. The highest BCUT2D eigenvalue weighted by molar-refractivity contribution is 7.80. The predicted molar refractivity (Wildman–Crippen MR) is 99.0 cm³/mol. The van der Waals surface area contributed by atoms with Gasteiger partial charge in [-0.15, -0.1) is 0 Å². The lowest BCUT2D eigenvalue weighted by atomic mass is 9.97. The van der Waals surface area contributed by atoms with Crippen LogP contribution in [0, 0.1) is 5.82 Å². The van der Waals surface area contributed by atoms with Crippen molar-refractivity contribution in [2.45, 2.75) is 25.3 Å². The zero-order valence-corrected chi connectivity index (χ0v) is 15.0. The topological polar surface area (TPSA) is 45.2 Å². The van der Waals surface area contributed by atoms with Crippen molar-refractivity contribution in [3.05, 3.63) is 64.7 Å². The summed E-state index contributed by atoms with van der Waals surface area (Å²) in [5.41, 5.74) is 1.25. The van der Waals surface area contributed by atoms with E-state index in [9.17, 15) is 9.18 Å². The molecule has 1 aromatic heterocycles. The Hall–Kier alpha value is -2.05. The van der Waals surface area contributed by atoms with Gasteiger partial charge in [-0.25, -0.2) is 4.39 Å². The average Bonchev–Trinajstić information content (AvgIpc) is 2.64. The van der Waals surface area contributed by atoms with Crippen LogP contribution >= 0.6 is 23.8 Å². The number of likely N-dealkylation sites (tertiary alicyclic amines) is 1. The Kier molecular flexibility index (Phi) is 5.60. The van der Waals surface area contributed by atoms with Crippen LogP contribution in [0.25, 0.3) is 0 Å². The van der Waals surface area contributed by atoms with E-state index in [1.54, 1.807) is 6.20 Å². The lowest BCUT2D eigenvalue weighted by molar-refractivity contribution is 0.0969. The fourth-order valence-corrected chi connectivity index (χ4v) is 3.40. The summed E-state index contributed by atoms with van der Waals surface area (Å²) in [5.74, 6) is -1.08. The number of aromatic nitrogens is 1. The maximum absolute atomic E-state index is 13.6. The van der Waals surface area contributed by atoms with Crippen molar-refractivity contribution < 1.29 is 9.18 Å². The summed E-state index contributed by atoms with van der Waals surface area (Å²) in [6, 6.07) is 7.91. The third-order valence-electron chi connectivity index (χ3n) is 4.24. The number of hydrogen-bond donors (Lipinski definition) is 1. The number of piperidine rings is 1. The van der Waals surface area contributed by atoms with Crippen molar-refractivity contribution in [2.75, 3.05) is 6.54 Å². The minimum absolute atomic E-state index is 0.0215. The molecule has 0 spiro atoms. The Bertz CT molecular complexity index is 787. The minimum Gasteiger partial charge on any atom is -0.342 e. The zero-order valence-electron chi connectivity index (χ0n) is 13.4. The van der Waals surface area contributed by atoms with Gasteiger partial charge in [0.15, 0.2) is 5.11 Å². The lowest BCUT2D eigenvalue weighted by Crippen LogP contribution is -2.46. The first-order valence-electron chi connectivity index (χ1n) is 8.03. The number of carbonyl (C=O) groups excluding carboxylic acids is 1. The van der Waals surface area contributed by atoms with Crippen LogP contribution in [0.4, 0.5) is 4.39 Å². The summed E-state index contributed by atoms with van der Waals surface area (Å²) < 4.78 is 13.6. The first-order chi connectivity index (χ1) is 12.1. The molecule has 0 radical (unpaired) electrons. The molecule has 2 aromatic rings. The van der Waals surface area contributed by atoms with Gasteiger partial charge in [0.1, 0.15) is 5.82 Å². The molecule has 7 heteroatoms. The normalized spacial score (nSPS) is 17.2. The van der Waals surface area contributed by atoms with E-state index in [4.69, 9.17) is 23.8 Å². The van der Waals surface area contributed by atoms with Crippen LogP contribution in [0.1, 0.15) is 41.2 Å². The van der Waals surface area contributed by atoms with E-state index in [0.29, 0.717) is 5.11 Å². The molecule has 1 amide bonds. The zero-order chi connectivity index (χ0) is 17.8. The summed E-state index contributed by atoms with van der Waals surface area (Å²) in [6.07, 6.45) is 6.59. The summed E-state index contributed by atoms with van der Waals surface area (Å²) >= 11 is 11.1. The maximum atomic E-state index is 13.6. The van der Waals surface area contributed by atoms with Gasteiger partial charge in [0.25, 0.3) is 5.91 Å². The number of carbonyl (C=O) groups is 1. The van der Waals surface area contributed by atoms with Crippen molar-refractivity contribution in [3.63, 3.8) is 0 Å². The number of amides is 1. The van der Waals surface area contributed by atoms with Gasteiger partial charge in [-0.2, -0.15) is 0 Å². The Labute approximate surface area is 156 Å². The molecule has 3 rings (SSSR count). The maximum Gasteiger partial charge on any atom is 0.257 e. The number of nitrogens with zero attached hydrogens (tertiary/aromatic N) is 2. The van der Waals surface area contributed by atoms with E-state index in [0.717, 1.165) is 37.4 Å². The van der Waals surface area contributed by atoms with Crippen LogP contribution in [0.2, 0.25) is 5.02 Å². The summed E-state index contributed by atoms with van der Waals surface area (Å²) in [6.45, 7) is 0.758. The number of rotatable bonds is 2. The van der Waals surface area contributed by atoms with Gasteiger partial charge >= 0.3 is 0 Å². The Morgan fingerprint density at radius 3 is 2.92 bits per heavy atom. The molecule has 25 heavy (non-hydrogen) atoms. The second-order valence-electron chi connectivity index (χ2n) is 5.88. The quantitative estimate of drug-likeness (QED) is 0.800. The SMILES string of the molecule is O=C(NC(=S)N1CCCCC1c1cccnc1)c1ccc(Cl)c(F)c1. The Morgan fingerprint density at radius 1 is 1.36 bits per heavy atom. The number of benzene rings is 1. The van der Waals surface area contributed by atoms with Gasteiger partial charge in [0.05, 0.1) is 11.1 Å². The molecule has 1 aliphatic heterocycles. The van der Waals surface area contributed by atoms with E-state index in [-0.39, 0.29) is 16.6 Å². The monoisotopic (exact) mass is 377 g/mol. The van der Waals surface area contributed by atoms with Gasteiger partial charge in [-0.3, -0.25) is 15.1 Å². The molecule has 0 saturated carbocycles. The van der Waals surface area contributed by atoms with Crippen molar-refractivity contribution in [1.82, 2.24) is 15.2 Å². The molecule has 1 atom stereocenters. The van der Waals surface area contributed by atoms with E-state index in [2.05, 4.69) is 10.3 Å². The number of pyridine rings is 1. The standard InChI is InChI=1S/C18H17ClFN3OS/c19-14-7-6-12(10-15(14)20)17(24)22-18(25)23-9-2-1-5-16(23)13-4-3-8-21-11-13/h3-4,6-8,10-11,16H,1-2,5,9H2,(H,22,24,25). The largest absolute Gasteiger partial charge is 0.342 e. The number of nitrogens with one attached hydrogen (secondary N) is 1. The second kappa shape index (κ2) is 7.89. The highest BCUT2D eigenvalue weighted by Gasteiger charge is 2.27. The molecule has 130 valence electrons. The molecule has 1 saturated heterocycles. The van der Waals surface area contributed by atoms with Crippen molar-refractivity contribution in [3.8, 4) is 0 Å². The highest BCUT2D eigenvalue weighted by Crippen LogP contribution is 2.30. The molecule has 1 unspecified atom stereocenters. The van der Waals surface area contributed by atoms with Crippen molar-refractivity contribution in [1.29, 1.82) is 0 Å². The van der Waals surface area contributed by atoms with E-state index >= 15 is 0 Å². The molecular weight excluding hydrogens is 361 g/mol. The van der Waals surface area contributed by atoms with Gasteiger partial charge in [0, 0.05) is 24.5 Å². The fraction of sp³-hybridized carbons (Fsp3) is 0.278. The summed E-state index contributed by atoms with van der Waals surface area (Å²) in [4.78, 5) is 18.5. The van der Waals surface area contributed by atoms with Crippen LogP contribution in [-0.4, -0.2) is 27.4 Å². The Balaban J connectivity index is 1.74. The minimum atomic E-state index is -0.633. The van der Waals surface area contributed by atoms with Gasteiger partial charge in [-0.1, -0.05) is 17.7 Å². The predicted octanol–water partition coefficient (Wildman–Crippen LogP) is 4.12. The van der Waals surface area contributed by atoms with E-state index in [1.165, 1.54) is 12.1 Å². The lowest BCUT2D eigenvalue weighted by Gasteiger charge is -2.37. The summed E-state index contributed by atoms with van der Waals surface area (Å²) in [5, 5.41) is 3.02. The first-order valence-corrected chi connectivity index (χ1v) is 8.82. The average molecular weight is 378 g/mol. The molecule has 1 N–H and O–H groups in total. The summed E-state index contributed by atoms with van der Waals surface area (Å²) in [7, 11) is 0. The molecule has 2 heterocycles. The smallest absolute Gasteiger partial charge is 0.257 e. The number of halogens is 2. The van der Waals surface area contributed by atoms with Crippen LogP contribution in [0.5, 0.6) is 0 Å². The first kappa shape index (κ1) is 17.8. The highest BCUT2D eigenvalue weighted by atomic mass is 35.5. The van der Waals surface area contributed by atoms with Gasteiger partial charge < -0.3 is 4.90 Å². The fourth-order valence-electron chi connectivity index (χ4n) is 2.97. The molecule has 1 fully saturated rings. The van der Waals surface area contributed by atoms with Crippen LogP contribution in [0.15, 0.2) is 42.7 Å². The van der Waals surface area contributed by atoms with Gasteiger partial charge in [-0.05, 0) is 61.3 Å².